The number of ketones is 1. The Labute approximate surface area is 108 Å². The van der Waals surface area contributed by atoms with E-state index in [1.165, 1.54) is 0 Å². The standard InChI is InChI=1S/C15H22O3/c1-3-11(5-7-14(17)4-2)12-6-8-15(18)13(9-12)10-16/h6,8-9,11,16,18H,3-5,7,10H2,1-2H3. The normalized spacial score (nSPS) is 12.4. The van der Waals surface area contributed by atoms with E-state index in [1.807, 2.05) is 19.1 Å². The van der Waals surface area contributed by atoms with Gasteiger partial charge in [0, 0.05) is 18.4 Å². The van der Waals surface area contributed by atoms with Gasteiger partial charge in [-0.25, -0.2) is 0 Å². The minimum absolute atomic E-state index is 0.126. The molecular weight excluding hydrogens is 228 g/mol. The molecule has 1 rings (SSSR count). The number of carbonyl (C=O) groups is 1. The molecule has 0 fully saturated rings. The third-order valence-corrected chi connectivity index (χ3v) is 3.40. The highest BCUT2D eigenvalue weighted by atomic mass is 16.3. The van der Waals surface area contributed by atoms with E-state index in [1.54, 1.807) is 6.07 Å². The maximum atomic E-state index is 11.4. The molecule has 0 heterocycles. The van der Waals surface area contributed by atoms with Crippen LogP contribution in [0.1, 0.15) is 56.6 Å². The van der Waals surface area contributed by atoms with Gasteiger partial charge in [-0.05, 0) is 36.5 Å². The van der Waals surface area contributed by atoms with E-state index in [0.29, 0.717) is 24.3 Å². The lowest BCUT2D eigenvalue weighted by Crippen LogP contribution is -2.03. The first-order valence-electron chi connectivity index (χ1n) is 6.56. The summed E-state index contributed by atoms with van der Waals surface area (Å²) in [6.07, 6.45) is 2.98. The third kappa shape index (κ3) is 3.84. The predicted molar refractivity (Wildman–Crippen MR) is 71.6 cm³/mol. The molecule has 1 unspecified atom stereocenters. The van der Waals surface area contributed by atoms with E-state index in [9.17, 15) is 9.90 Å². The van der Waals surface area contributed by atoms with E-state index in [4.69, 9.17) is 5.11 Å². The van der Waals surface area contributed by atoms with Crippen LogP contribution in [0.2, 0.25) is 0 Å². The summed E-state index contributed by atoms with van der Waals surface area (Å²) < 4.78 is 0. The first-order valence-corrected chi connectivity index (χ1v) is 6.56. The third-order valence-electron chi connectivity index (χ3n) is 3.40. The van der Waals surface area contributed by atoms with Crippen LogP contribution in [0.15, 0.2) is 18.2 Å². The Balaban J connectivity index is 2.78. The maximum Gasteiger partial charge on any atom is 0.132 e. The number of hydrogen-bond acceptors (Lipinski definition) is 3. The van der Waals surface area contributed by atoms with Gasteiger partial charge in [0.15, 0.2) is 0 Å². The number of benzene rings is 1. The summed E-state index contributed by atoms with van der Waals surface area (Å²) in [5.74, 6) is 0.724. The molecule has 100 valence electrons. The summed E-state index contributed by atoms with van der Waals surface area (Å²) >= 11 is 0. The number of rotatable bonds is 7. The van der Waals surface area contributed by atoms with Gasteiger partial charge in [-0.1, -0.05) is 19.9 Å². The second-order valence-electron chi connectivity index (χ2n) is 4.58. The summed E-state index contributed by atoms with van der Waals surface area (Å²) in [5, 5.41) is 18.7. The first kappa shape index (κ1) is 14.7. The van der Waals surface area contributed by atoms with E-state index < -0.39 is 0 Å². The fourth-order valence-electron chi connectivity index (χ4n) is 2.10. The van der Waals surface area contributed by atoms with Gasteiger partial charge in [-0.15, -0.1) is 0 Å². The monoisotopic (exact) mass is 250 g/mol. The summed E-state index contributed by atoms with van der Waals surface area (Å²) in [4.78, 5) is 11.4. The van der Waals surface area contributed by atoms with Crippen LogP contribution in [-0.2, 0) is 11.4 Å². The molecule has 3 nitrogen and oxygen atoms in total. The van der Waals surface area contributed by atoms with Crippen LogP contribution in [0, 0.1) is 0 Å². The predicted octanol–water partition coefficient (Wildman–Crippen LogP) is 3.14. The van der Waals surface area contributed by atoms with Crippen LogP contribution >= 0.6 is 0 Å². The molecular formula is C15H22O3. The highest BCUT2D eigenvalue weighted by Crippen LogP contribution is 2.29. The molecule has 2 N–H and O–H groups in total. The zero-order valence-electron chi connectivity index (χ0n) is 11.1. The Hall–Kier alpha value is -1.35. The molecule has 0 aromatic heterocycles. The number of carbonyl (C=O) groups excluding carboxylic acids is 1. The van der Waals surface area contributed by atoms with Gasteiger partial charge in [-0.2, -0.15) is 0 Å². The number of phenols is 1. The van der Waals surface area contributed by atoms with Crippen molar-refractivity contribution >= 4 is 5.78 Å². The Kier molecular flexibility index (Phi) is 5.86. The molecule has 0 saturated heterocycles. The molecule has 1 aromatic carbocycles. The Bertz CT molecular complexity index is 399. The molecule has 0 bridgehead atoms. The van der Waals surface area contributed by atoms with Crippen LogP contribution in [0.5, 0.6) is 5.75 Å². The molecule has 1 aromatic rings. The van der Waals surface area contributed by atoms with Crippen LogP contribution < -0.4 is 0 Å². The zero-order chi connectivity index (χ0) is 13.5. The lowest BCUT2D eigenvalue weighted by atomic mass is 9.89. The quantitative estimate of drug-likeness (QED) is 0.781. The fraction of sp³-hybridized carbons (Fsp3) is 0.533. The Morgan fingerprint density at radius 2 is 2.06 bits per heavy atom. The van der Waals surface area contributed by atoms with Crippen LogP contribution in [-0.4, -0.2) is 16.0 Å². The SMILES string of the molecule is CCC(=O)CCC(CC)c1ccc(O)c(CO)c1. The molecule has 0 radical (unpaired) electrons. The van der Waals surface area contributed by atoms with Crippen molar-refractivity contribution in [2.75, 3.05) is 0 Å². The van der Waals surface area contributed by atoms with E-state index in [-0.39, 0.29) is 18.1 Å². The summed E-state index contributed by atoms with van der Waals surface area (Å²) in [6, 6.07) is 5.32. The molecule has 0 spiro atoms. The zero-order valence-corrected chi connectivity index (χ0v) is 11.1. The van der Waals surface area contributed by atoms with Crippen molar-refractivity contribution in [3.63, 3.8) is 0 Å². The number of Topliss-reactive ketones (excluding diaryl/α,β-unsaturated/α-hetero) is 1. The smallest absolute Gasteiger partial charge is 0.132 e. The molecule has 0 amide bonds. The van der Waals surface area contributed by atoms with Crippen molar-refractivity contribution in [3.05, 3.63) is 29.3 Å². The minimum atomic E-state index is -0.163. The topological polar surface area (TPSA) is 57.5 Å². The number of aromatic hydroxyl groups is 1. The summed E-state index contributed by atoms with van der Waals surface area (Å²) in [7, 11) is 0. The van der Waals surface area contributed by atoms with Gasteiger partial charge in [0.05, 0.1) is 6.61 Å². The highest BCUT2D eigenvalue weighted by molar-refractivity contribution is 5.78. The molecule has 0 saturated carbocycles. The van der Waals surface area contributed by atoms with E-state index >= 15 is 0 Å². The van der Waals surface area contributed by atoms with Gasteiger partial charge >= 0.3 is 0 Å². The highest BCUT2D eigenvalue weighted by Gasteiger charge is 2.13. The summed E-state index contributed by atoms with van der Waals surface area (Å²) in [5.41, 5.74) is 1.64. The van der Waals surface area contributed by atoms with Gasteiger partial charge in [0.1, 0.15) is 11.5 Å². The van der Waals surface area contributed by atoms with Gasteiger partial charge in [0.25, 0.3) is 0 Å². The number of aliphatic hydroxyl groups is 1. The summed E-state index contributed by atoms with van der Waals surface area (Å²) in [6.45, 7) is 3.81. The van der Waals surface area contributed by atoms with Crippen molar-refractivity contribution in [1.82, 2.24) is 0 Å². The largest absolute Gasteiger partial charge is 0.508 e. The van der Waals surface area contributed by atoms with Crippen molar-refractivity contribution in [3.8, 4) is 5.75 Å². The second kappa shape index (κ2) is 7.17. The molecule has 0 aliphatic rings. The molecule has 0 aliphatic carbocycles. The van der Waals surface area contributed by atoms with Crippen molar-refractivity contribution in [2.45, 2.75) is 52.1 Å². The maximum absolute atomic E-state index is 11.4. The van der Waals surface area contributed by atoms with Crippen LogP contribution in [0.3, 0.4) is 0 Å². The minimum Gasteiger partial charge on any atom is -0.508 e. The van der Waals surface area contributed by atoms with Crippen LogP contribution in [0.4, 0.5) is 0 Å². The molecule has 3 heteroatoms. The van der Waals surface area contributed by atoms with Crippen LogP contribution in [0.25, 0.3) is 0 Å². The lowest BCUT2D eigenvalue weighted by Gasteiger charge is -2.16. The van der Waals surface area contributed by atoms with Gasteiger partial charge in [-0.3, -0.25) is 4.79 Å². The Morgan fingerprint density at radius 1 is 1.33 bits per heavy atom. The average molecular weight is 250 g/mol. The fourth-order valence-corrected chi connectivity index (χ4v) is 2.10. The van der Waals surface area contributed by atoms with Gasteiger partial charge in [0.2, 0.25) is 0 Å². The molecule has 1 atom stereocenters. The Morgan fingerprint density at radius 3 is 2.61 bits per heavy atom. The number of hydrogen-bond donors (Lipinski definition) is 2. The van der Waals surface area contributed by atoms with Crippen molar-refractivity contribution < 1.29 is 15.0 Å². The van der Waals surface area contributed by atoms with Crippen molar-refractivity contribution in [2.24, 2.45) is 0 Å². The van der Waals surface area contributed by atoms with E-state index in [0.717, 1.165) is 18.4 Å². The average Bonchev–Trinajstić information content (AvgIpc) is 2.40. The molecule has 18 heavy (non-hydrogen) atoms. The van der Waals surface area contributed by atoms with Crippen molar-refractivity contribution in [1.29, 1.82) is 0 Å². The first-order chi connectivity index (χ1) is 8.62. The van der Waals surface area contributed by atoms with E-state index in [2.05, 4.69) is 6.92 Å². The lowest BCUT2D eigenvalue weighted by molar-refractivity contribution is -0.118. The molecule has 0 aliphatic heterocycles. The number of aliphatic hydroxyl groups excluding tert-OH is 1. The van der Waals surface area contributed by atoms with Gasteiger partial charge < -0.3 is 10.2 Å². The second-order valence-corrected chi connectivity index (χ2v) is 4.58.